The number of piperidine rings is 1. The average Bonchev–Trinajstić information content (AvgIpc) is 2.53. The summed E-state index contributed by atoms with van der Waals surface area (Å²) in [5.74, 6) is -0.557. The standard InChI is InChI=1S/C16H23FN2O4S/c1-18(24(2,21)22)11-16(20)19-9-5-7-14(10-19)23-12-13-6-3-4-8-15(13)17/h3-4,6,8,14H,5,7,9-12H2,1-2H3/t14-/m0/s1. The topological polar surface area (TPSA) is 66.9 Å². The fraction of sp³-hybridized carbons (Fsp3) is 0.562. The van der Waals surface area contributed by atoms with Crippen molar-refractivity contribution < 1.29 is 22.3 Å². The number of nitrogens with zero attached hydrogens (tertiary/aromatic N) is 2. The first-order valence-corrected chi connectivity index (χ1v) is 9.66. The molecule has 1 aromatic carbocycles. The van der Waals surface area contributed by atoms with Gasteiger partial charge in [-0.05, 0) is 18.9 Å². The van der Waals surface area contributed by atoms with Gasteiger partial charge in [-0.3, -0.25) is 4.79 Å². The van der Waals surface area contributed by atoms with Crippen LogP contribution in [-0.2, 0) is 26.2 Å². The molecule has 0 unspecified atom stereocenters. The Kier molecular flexibility index (Phi) is 6.31. The van der Waals surface area contributed by atoms with E-state index in [-0.39, 0.29) is 31.0 Å². The van der Waals surface area contributed by atoms with Crippen LogP contribution in [0.15, 0.2) is 24.3 Å². The van der Waals surface area contributed by atoms with Crippen LogP contribution >= 0.6 is 0 Å². The van der Waals surface area contributed by atoms with E-state index in [1.54, 1.807) is 23.1 Å². The number of hydrogen-bond acceptors (Lipinski definition) is 4. The number of amides is 1. The lowest BCUT2D eigenvalue weighted by atomic mass is 10.1. The van der Waals surface area contributed by atoms with Crippen LogP contribution < -0.4 is 0 Å². The van der Waals surface area contributed by atoms with E-state index in [0.717, 1.165) is 23.4 Å². The van der Waals surface area contributed by atoms with E-state index in [0.29, 0.717) is 18.7 Å². The van der Waals surface area contributed by atoms with Gasteiger partial charge in [0, 0.05) is 25.7 Å². The summed E-state index contributed by atoms with van der Waals surface area (Å²) in [4.78, 5) is 13.8. The smallest absolute Gasteiger partial charge is 0.237 e. The molecule has 0 aliphatic carbocycles. The molecule has 0 N–H and O–H groups in total. The normalized spacial score (nSPS) is 18.8. The highest BCUT2D eigenvalue weighted by atomic mass is 32.2. The summed E-state index contributed by atoms with van der Waals surface area (Å²) in [7, 11) is -2.01. The van der Waals surface area contributed by atoms with Gasteiger partial charge in [0.15, 0.2) is 0 Å². The Bertz CT molecular complexity index is 680. The highest BCUT2D eigenvalue weighted by Gasteiger charge is 2.26. The van der Waals surface area contributed by atoms with E-state index in [1.807, 2.05) is 0 Å². The molecule has 24 heavy (non-hydrogen) atoms. The molecule has 0 bridgehead atoms. The number of ether oxygens (including phenoxy) is 1. The lowest BCUT2D eigenvalue weighted by Gasteiger charge is -2.33. The van der Waals surface area contributed by atoms with Gasteiger partial charge in [0.25, 0.3) is 0 Å². The first kappa shape index (κ1) is 18.8. The lowest BCUT2D eigenvalue weighted by Crippen LogP contribution is -2.47. The Hall–Kier alpha value is -1.51. The number of likely N-dealkylation sites (tertiary alicyclic amines) is 1. The van der Waals surface area contributed by atoms with Gasteiger partial charge < -0.3 is 9.64 Å². The maximum atomic E-state index is 13.6. The summed E-state index contributed by atoms with van der Waals surface area (Å²) in [6.07, 6.45) is 2.46. The van der Waals surface area contributed by atoms with Gasteiger partial charge in [-0.1, -0.05) is 18.2 Å². The molecule has 2 rings (SSSR count). The Balaban J connectivity index is 1.87. The van der Waals surface area contributed by atoms with E-state index in [4.69, 9.17) is 4.74 Å². The molecule has 1 atom stereocenters. The number of carbonyl (C=O) groups is 1. The van der Waals surface area contributed by atoms with Crippen molar-refractivity contribution >= 4 is 15.9 Å². The van der Waals surface area contributed by atoms with Crippen LogP contribution in [-0.4, -0.2) is 62.6 Å². The van der Waals surface area contributed by atoms with E-state index in [9.17, 15) is 17.6 Å². The highest BCUT2D eigenvalue weighted by molar-refractivity contribution is 7.88. The molecule has 134 valence electrons. The second-order valence-electron chi connectivity index (χ2n) is 6.03. The molecule has 6 nitrogen and oxygen atoms in total. The van der Waals surface area contributed by atoms with E-state index in [2.05, 4.69) is 0 Å². The fourth-order valence-electron chi connectivity index (χ4n) is 2.53. The van der Waals surface area contributed by atoms with Gasteiger partial charge >= 0.3 is 0 Å². The van der Waals surface area contributed by atoms with Crippen molar-refractivity contribution in [3.05, 3.63) is 35.6 Å². The predicted molar refractivity (Wildman–Crippen MR) is 88.3 cm³/mol. The van der Waals surface area contributed by atoms with Crippen LogP contribution in [0, 0.1) is 5.82 Å². The third-order valence-electron chi connectivity index (χ3n) is 4.09. The maximum Gasteiger partial charge on any atom is 0.237 e. The second-order valence-corrected chi connectivity index (χ2v) is 8.11. The summed E-state index contributed by atoms with van der Waals surface area (Å²) < 4.78 is 43.2. The number of halogens is 1. The second kappa shape index (κ2) is 8.04. The van der Waals surface area contributed by atoms with Crippen molar-refractivity contribution in [2.75, 3.05) is 32.9 Å². The molecule has 1 heterocycles. The number of sulfonamides is 1. The van der Waals surface area contributed by atoms with Crippen LogP contribution in [0.4, 0.5) is 4.39 Å². The Labute approximate surface area is 142 Å². The zero-order valence-corrected chi connectivity index (χ0v) is 14.8. The van der Waals surface area contributed by atoms with Gasteiger partial charge in [-0.2, -0.15) is 4.31 Å². The molecular weight excluding hydrogens is 335 g/mol. The zero-order valence-electron chi connectivity index (χ0n) is 13.9. The molecule has 1 fully saturated rings. The average molecular weight is 358 g/mol. The van der Waals surface area contributed by atoms with Crippen LogP contribution in [0.2, 0.25) is 0 Å². The SMILES string of the molecule is CN(CC(=O)N1CCC[C@H](OCc2ccccc2F)C1)S(C)(=O)=O. The summed E-state index contributed by atoms with van der Waals surface area (Å²) in [6, 6.07) is 6.43. The van der Waals surface area contributed by atoms with Crippen LogP contribution in [0.25, 0.3) is 0 Å². The Morgan fingerprint density at radius 3 is 2.79 bits per heavy atom. The molecule has 1 amide bonds. The van der Waals surface area contributed by atoms with E-state index in [1.165, 1.54) is 13.1 Å². The Morgan fingerprint density at radius 1 is 1.42 bits per heavy atom. The minimum atomic E-state index is -3.39. The third-order valence-corrected chi connectivity index (χ3v) is 5.35. The van der Waals surface area contributed by atoms with Crippen molar-refractivity contribution in [3.8, 4) is 0 Å². The minimum Gasteiger partial charge on any atom is -0.372 e. The molecule has 8 heteroatoms. The summed E-state index contributed by atoms with van der Waals surface area (Å²) in [5, 5.41) is 0. The molecule has 0 aromatic heterocycles. The van der Waals surface area contributed by atoms with Crippen molar-refractivity contribution in [3.63, 3.8) is 0 Å². The first-order chi connectivity index (χ1) is 11.3. The highest BCUT2D eigenvalue weighted by Crippen LogP contribution is 2.17. The lowest BCUT2D eigenvalue weighted by molar-refractivity contribution is -0.135. The van der Waals surface area contributed by atoms with E-state index >= 15 is 0 Å². The minimum absolute atomic E-state index is 0.155. The van der Waals surface area contributed by atoms with Crippen molar-refractivity contribution in [1.82, 2.24) is 9.21 Å². The molecular formula is C16H23FN2O4S. The predicted octanol–water partition coefficient (Wildman–Crippen LogP) is 1.22. The number of benzene rings is 1. The summed E-state index contributed by atoms with van der Waals surface area (Å²) in [5.41, 5.74) is 0.484. The monoisotopic (exact) mass is 358 g/mol. The van der Waals surface area contributed by atoms with Crippen molar-refractivity contribution in [1.29, 1.82) is 0 Å². The van der Waals surface area contributed by atoms with Gasteiger partial charge in [0.1, 0.15) is 5.82 Å². The molecule has 1 aliphatic rings. The van der Waals surface area contributed by atoms with E-state index < -0.39 is 10.0 Å². The third kappa shape index (κ3) is 5.25. The van der Waals surface area contributed by atoms with Crippen molar-refractivity contribution in [2.45, 2.75) is 25.6 Å². The quantitative estimate of drug-likeness (QED) is 0.767. The van der Waals surface area contributed by atoms with Crippen LogP contribution in [0.3, 0.4) is 0 Å². The number of carbonyl (C=O) groups excluding carboxylic acids is 1. The fourth-order valence-corrected chi connectivity index (χ4v) is 2.88. The molecule has 0 spiro atoms. The van der Waals surface area contributed by atoms with Gasteiger partial charge in [-0.15, -0.1) is 0 Å². The van der Waals surface area contributed by atoms with Crippen LogP contribution in [0.1, 0.15) is 18.4 Å². The number of likely N-dealkylation sites (N-methyl/N-ethyl adjacent to an activating group) is 1. The van der Waals surface area contributed by atoms with Gasteiger partial charge in [0.05, 0.1) is 25.5 Å². The number of hydrogen-bond donors (Lipinski definition) is 0. The zero-order chi connectivity index (χ0) is 17.7. The van der Waals surface area contributed by atoms with Gasteiger partial charge in [-0.25, -0.2) is 12.8 Å². The number of rotatable bonds is 6. The van der Waals surface area contributed by atoms with Crippen molar-refractivity contribution in [2.24, 2.45) is 0 Å². The van der Waals surface area contributed by atoms with Gasteiger partial charge in [0.2, 0.25) is 15.9 Å². The molecule has 1 saturated heterocycles. The molecule has 0 saturated carbocycles. The first-order valence-electron chi connectivity index (χ1n) is 7.81. The Morgan fingerprint density at radius 2 is 2.12 bits per heavy atom. The maximum absolute atomic E-state index is 13.6. The molecule has 1 aromatic rings. The van der Waals surface area contributed by atoms with Crippen LogP contribution in [0.5, 0.6) is 0 Å². The molecule has 1 aliphatic heterocycles. The molecule has 0 radical (unpaired) electrons. The summed E-state index contributed by atoms with van der Waals surface area (Å²) in [6.45, 7) is 0.947. The largest absolute Gasteiger partial charge is 0.372 e. The summed E-state index contributed by atoms with van der Waals surface area (Å²) >= 11 is 0.